The minimum Gasteiger partial charge on any atom is -0.281 e. The van der Waals surface area contributed by atoms with Gasteiger partial charge in [0.05, 0.1) is 4.91 Å². The summed E-state index contributed by atoms with van der Waals surface area (Å²) in [4.78, 5) is 11.7. The van der Waals surface area contributed by atoms with Crippen molar-refractivity contribution in [1.82, 2.24) is 0 Å². The minimum absolute atomic E-state index is 0.0866. The quantitative estimate of drug-likeness (QED) is 0.552. The molecular weight excluding hydrogens is 218 g/mol. The van der Waals surface area contributed by atoms with Crippen LogP contribution in [0.3, 0.4) is 0 Å². The van der Waals surface area contributed by atoms with Gasteiger partial charge in [-0.2, -0.15) is 5.26 Å². The van der Waals surface area contributed by atoms with Gasteiger partial charge >= 0.3 is 0 Å². The molecule has 1 aliphatic carbocycles. The zero-order chi connectivity index (χ0) is 10.9. The SMILES string of the molecule is CSC(C#N)=CC1C(C(=O)Cl)C1(C)C. The molecule has 2 nitrogen and oxygen atoms in total. The van der Waals surface area contributed by atoms with Crippen LogP contribution in [0.15, 0.2) is 11.0 Å². The number of carbonyl (C=O) groups excluding carboxylic acids is 1. The summed E-state index contributed by atoms with van der Waals surface area (Å²) in [6.07, 6.45) is 3.71. The molecule has 0 saturated heterocycles. The van der Waals surface area contributed by atoms with E-state index in [1.165, 1.54) is 11.8 Å². The second-order valence-corrected chi connectivity index (χ2v) is 5.20. The van der Waals surface area contributed by atoms with Crippen molar-refractivity contribution in [2.24, 2.45) is 17.3 Å². The van der Waals surface area contributed by atoms with Gasteiger partial charge in [0.1, 0.15) is 6.07 Å². The number of carbonyl (C=O) groups is 1. The number of nitriles is 1. The molecule has 0 bridgehead atoms. The molecule has 2 unspecified atom stereocenters. The first-order chi connectivity index (χ1) is 6.45. The molecule has 76 valence electrons. The van der Waals surface area contributed by atoms with Crippen LogP contribution in [-0.2, 0) is 4.79 Å². The first-order valence-corrected chi connectivity index (χ1v) is 5.90. The highest BCUT2D eigenvalue weighted by Crippen LogP contribution is 2.60. The van der Waals surface area contributed by atoms with Crippen LogP contribution in [0, 0.1) is 28.6 Å². The normalized spacial score (nSPS) is 29.5. The van der Waals surface area contributed by atoms with Crippen LogP contribution < -0.4 is 0 Å². The van der Waals surface area contributed by atoms with Gasteiger partial charge in [0.25, 0.3) is 0 Å². The Kier molecular flexibility index (Phi) is 3.28. The van der Waals surface area contributed by atoms with Crippen molar-refractivity contribution in [3.8, 4) is 6.07 Å². The van der Waals surface area contributed by atoms with Gasteiger partial charge in [-0.05, 0) is 29.2 Å². The summed E-state index contributed by atoms with van der Waals surface area (Å²) in [5, 5.41) is 8.44. The van der Waals surface area contributed by atoms with Gasteiger partial charge in [-0.15, -0.1) is 11.8 Å². The number of halogens is 1. The number of hydrogen-bond acceptors (Lipinski definition) is 3. The Morgan fingerprint density at radius 3 is 2.50 bits per heavy atom. The second-order valence-electron chi connectivity index (χ2n) is 3.98. The Labute approximate surface area is 93.3 Å². The summed E-state index contributed by atoms with van der Waals surface area (Å²) in [7, 11) is 0. The van der Waals surface area contributed by atoms with Gasteiger partial charge in [-0.3, -0.25) is 4.79 Å². The van der Waals surface area contributed by atoms with E-state index in [1.54, 1.807) is 0 Å². The molecule has 0 aliphatic heterocycles. The van der Waals surface area contributed by atoms with E-state index in [-0.39, 0.29) is 22.5 Å². The van der Waals surface area contributed by atoms with Crippen LogP contribution in [0.1, 0.15) is 13.8 Å². The monoisotopic (exact) mass is 229 g/mol. The van der Waals surface area contributed by atoms with Crippen LogP contribution in [0.2, 0.25) is 0 Å². The molecule has 14 heavy (non-hydrogen) atoms. The molecule has 0 N–H and O–H groups in total. The lowest BCUT2D eigenvalue weighted by Crippen LogP contribution is -1.96. The van der Waals surface area contributed by atoms with E-state index in [0.717, 1.165) is 0 Å². The van der Waals surface area contributed by atoms with Gasteiger partial charge in [-0.1, -0.05) is 19.9 Å². The lowest BCUT2D eigenvalue weighted by atomic mass is 10.1. The molecule has 0 amide bonds. The van der Waals surface area contributed by atoms with E-state index >= 15 is 0 Å². The molecule has 1 fully saturated rings. The fraction of sp³-hybridized carbons (Fsp3) is 0.600. The maximum absolute atomic E-state index is 11.0. The van der Waals surface area contributed by atoms with Gasteiger partial charge in [0.2, 0.25) is 5.24 Å². The second kappa shape index (κ2) is 3.96. The van der Waals surface area contributed by atoms with Crippen molar-refractivity contribution in [1.29, 1.82) is 5.26 Å². The highest BCUT2D eigenvalue weighted by molar-refractivity contribution is 8.02. The number of hydrogen-bond donors (Lipinski definition) is 0. The molecule has 0 spiro atoms. The van der Waals surface area contributed by atoms with Crippen molar-refractivity contribution in [3.05, 3.63) is 11.0 Å². The summed E-state index contributed by atoms with van der Waals surface area (Å²) in [6.45, 7) is 3.99. The van der Waals surface area contributed by atoms with E-state index in [4.69, 9.17) is 16.9 Å². The summed E-state index contributed by atoms with van der Waals surface area (Å²) in [6, 6.07) is 2.09. The fourth-order valence-corrected chi connectivity index (χ4v) is 2.53. The zero-order valence-corrected chi connectivity index (χ0v) is 9.95. The molecule has 0 aromatic heterocycles. The third-order valence-corrected chi connectivity index (χ3v) is 3.72. The third-order valence-electron chi connectivity index (χ3n) is 2.82. The van der Waals surface area contributed by atoms with Crippen LogP contribution in [-0.4, -0.2) is 11.5 Å². The molecule has 0 radical (unpaired) electrons. The first-order valence-electron chi connectivity index (χ1n) is 4.30. The Morgan fingerprint density at radius 2 is 2.21 bits per heavy atom. The predicted octanol–water partition coefficient (Wildman–Crippen LogP) is 2.79. The minimum atomic E-state index is -0.297. The van der Waals surface area contributed by atoms with Crippen LogP contribution >= 0.6 is 23.4 Å². The van der Waals surface area contributed by atoms with Crippen molar-refractivity contribution in [2.75, 3.05) is 6.26 Å². The Morgan fingerprint density at radius 1 is 1.64 bits per heavy atom. The molecule has 0 aromatic rings. The van der Waals surface area contributed by atoms with E-state index < -0.39 is 0 Å². The van der Waals surface area contributed by atoms with E-state index in [2.05, 4.69) is 6.07 Å². The topological polar surface area (TPSA) is 40.9 Å². The highest BCUT2D eigenvalue weighted by Gasteiger charge is 2.60. The van der Waals surface area contributed by atoms with Gasteiger partial charge in [0, 0.05) is 5.92 Å². The van der Waals surface area contributed by atoms with Crippen molar-refractivity contribution < 1.29 is 4.79 Å². The van der Waals surface area contributed by atoms with Gasteiger partial charge < -0.3 is 0 Å². The molecule has 2 atom stereocenters. The molecule has 1 rings (SSSR count). The maximum atomic E-state index is 11.0. The molecule has 1 aliphatic rings. The average molecular weight is 230 g/mol. The fourth-order valence-electron chi connectivity index (χ4n) is 1.74. The van der Waals surface area contributed by atoms with Gasteiger partial charge in [-0.25, -0.2) is 0 Å². The highest BCUT2D eigenvalue weighted by atomic mass is 35.5. The Hall–Kier alpha value is -0.460. The van der Waals surface area contributed by atoms with Gasteiger partial charge in [0.15, 0.2) is 0 Å². The summed E-state index contributed by atoms with van der Waals surface area (Å²) in [5.74, 6) is -0.00531. The van der Waals surface area contributed by atoms with Crippen molar-refractivity contribution in [2.45, 2.75) is 13.8 Å². The number of allylic oxidation sites excluding steroid dienone is 2. The van der Waals surface area contributed by atoms with Crippen molar-refractivity contribution in [3.63, 3.8) is 0 Å². The third kappa shape index (κ3) is 1.97. The zero-order valence-electron chi connectivity index (χ0n) is 8.37. The van der Waals surface area contributed by atoms with Crippen LogP contribution in [0.5, 0.6) is 0 Å². The van der Waals surface area contributed by atoms with E-state index in [0.29, 0.717) is 4.91 Å². The first kappa shape index (κ1) is 11.6. The van der Waals surface area contributed by atoms with E-state index in [1.807, 2.05) is 26.2 Å². The summed E-state index contributed by atoms with van der Waals surface area (Å²) < 4.78 is 0. The molecule has 1 saturated carbocycles. The lowest BCUT2D eigenvalue weighted by molar-refractivity contribution is -0.113. The Bertz CT molecular complexity index is 330. The molecule has 4 heteroatoms. The van der Waals surface area contributed by atoms with Crippen LogP contribution in [0.4, 0.5) is 0 Å². The van der Waals surface area contributed by atoms with E-state index in [9.17, 15) is 4.79 Å². The van der Waals surface area contributed by atoms with Crippen LogP contribution in [0.25, 0.3) is 0 Å². The standard InChI is InChI=1S/C10H12ClNOS/c1-10(2)7(8(10)9(11)13)4-6(5-12)14-3/h4,7-8H,1-3H3. The Balaban J connectivity index is 2.80. The average Bonchev–Trinajstić information content (AvgIpc) is 2.63. The maximum Gasteiger partial charge on any atom is 0.225 e. The smallest absolute Gasteiger partial charge is 0.225 e. The predicted molar refractivity (Wildman–Crippen MR) is 58.8 cm³/mol. The summed E-state index contributed by atoms with van der Waals surface area (Å²) in [5.41, 5.74) is -0.0866. The largest absolute Gasteiger partial charge is 0.281 e. The number of rotatable bonds is 3. The molecular formula is C10H12ClNOS. The summed E-state index contributed by atoms with van der Waals surface area (Å²) >= 11 is 6.86. The number of thioether (sulfide) groups is 1. The molecule has 0 heterocycles. The number of nitrogens with zero attached hydrogens (tertiary/aromatic N) is 1. The lowest BCUT2D eigenvalue weighted by Gasteiger charge is -1.97. The van der Waals surface area contributed by atoms with Crippen molar-refractivity contribution >= 4 is 28.6 Å². The molecule has 0 aromatic carbocycles.